The van der Waals surface area contributed by atoms with Crippen LogP contribution in [0.1, 0.15) is 12.2 Å². The Morgan fingerprint density at radius 1 is 1.19 bits per heavy atom. The second-order valence-corrected chi connectivity index (χ2v) is 7.76. The standard InChI is InChI=1S/C22H19ClFN5O3/c1-12-25-18(11-20(30)26-12)13-2-5-15(6-3-13)27-22(32)28-17-8-9-29(21(17)31)19-7-4-14(23)10-16(19)24/h2-7,10-11,17H,8-9H2,1H3,(H,25,26,30)(H2,27,28,32). The second kappa shape index (κ2) is 8.80. The number of aryl methyl sites for hydroxylation is 1. The van der Waals surface area contributed by atoms with Gasteiger partial charge in [0.15, 0.2) is 0 Å². The molecule has 0 bridgehead atoms. The molecule has 3 N–H and O–H groups in total. The summed E-state index contributed by atoms with van der Waals surface area (Å²) in [6.45, 7) is 1.97. The first kappa shape index (κ1) is 21.5. The molecule has 10 heteroatoms. The summed E-state index contributed by atoms with van der Waals surface area (Å²) in [6, 6.07) is 10.9. The number of hydrogen-bond donors (Lipinski definition) is 3. The highest BCUT2D eigenvalue weighted by Crippen LogP contribution is 2.27. The van der Waals surface area contributed by atoms with Gasteiger partial charge in [-0.15, -0.1) is 0 Å². The van der Waals surface area contributed by atoms with Crippen LogP contribution in [-0.4, -0.2) is 34.5 Å². The lowest BCUT2D eigenvalue weighted by molar-refractivity contribution is -0.118. The summed E-state index contributed by atoms with van der Waals surface area (Å²) in [5, 5.41) is 5.52. The smallest absolute Gasteiger partial charge is 0.319 e. The SMILES string of the molecule is Cc1nc(-c2ccc(NC(=O)NC3CCN(c4ccc(Cl)cc4F)C3=O)cc2)cc(=O)[nH]1. The van der Waals surface area contributed by atoms with Gasteiger partial charge in [-0.3, -0.25) is 9.59 Å². The molecule has 0 radical (unpaired) electrons. The van der Waals surface area contributed by atoms with Gasteiger partial charge in [0.1, 0.15) is 17.7 Å². The second-order valence-electron chi connectivity index (χ2n) is 7.32. The Hall–Kier alpha value is -3.72. The quantitative estimate of drug-likeness (QED) is 0.560. The van der Waals surface area contributed by atoms with Crippen LogP contribution in [0.2, 0.25) is 5.02 Å². The normalized spacial score (nSPS) is 15.7. The number of aromatic nitrogens is 2. The van der Waals surface area contributed by atoms with Crippen LogP contribution in [0.5, 0.6) is 0 Å². The van der Waals surface area contributed by atoms with E-state index in [1.54, 1.807) is 31.2 Å². The van der Waals surface area contributed by atoms with Gasteiger partial charge in [-0.05, 0) is 43.7 Å². The fraction of sp³-hybridized carbons (Fsp3) is 0.182. The van der Waals surface area contributed by atoms with E-state index in [2.05, 4.69) is 20.6 Å². The maximum Gasteiger partial charge on any atom is 0.319 e. The van der Waals surface area contributed by atoms with Gasteiger partial charge >= 0.3 is 6.03 Å². The first-order valence-corrected chi connectivity index (χ1v) is 10.2. The molecule has 1 aliphatic rings. The minimum atomic E-state index is -0.771. The van der Waals surface area contributed by atoms with Gasteiger partial charge in [-0.25, -0.2) is 14.2 Å². The average Bonchev–Trinajstić information content (AvgIpc) is 3.08. The molecule has 1 aliphatic heterocycles. The number of nitrogens with zero attached hydrogens (tertiary/aromatic N) is 2. The van der Waals surface area contributed by atoms with E-state index < -0.39 is 23.8 Å². The summed E-state index contributed by atoms with van der Waals surface area (Å²) in [5.74, 6) is -0.489. The molecular formula is C22H19ClFN5O3. The molecule has 164 valence electrons. The Morgan fingerprint density at radius 2 is 1.94 bits per heavy atom. The number of carbonyl (C=O) groups is 2. The summed E-state index contributed by atoms with van der Waals surface area (Å²) in [6.07, 6.45) is 0.348. The highest BCUT2D eigenvalue weighted by molar-refractivity contribution is 6.30. The molecule has 32 heavy (non-hydrogen) atoms. The van der Waals surface area contributed by atoms with Crippen molar-refractivity contribution in [2.45, 2.75) is 19.4 Å². The fourth-order valence-electron chi connectivity index (χ4n) is 3.53. The predicted molar refractivity (Wildman–Crippen MR) is 119 cm³/mol. The minimum Gasteiger partial charge on any atom is -0.326 e. The zero-order chi connectivity index (χ0) is 22.8. The van der Waals surface area contributed by atoms with Crippen LogP contribution in [0.3, 0.4) is 0 Å². The molecule has 2 heterocycles. The van der Waals surface area contributed by atoms with Gasteiger partial charge in [-0.2, -0.15) is 0 Å². The summed E-state index contributed by atoms with van der Waals surface area (Å²) < 4.78 is 14.2. The fourth-order valence-corrected chi connectivity index (χ4v) is 3.69. The Bertz CT molecular complexity index is 1250. The molecule has 3 aromatic rings. The lowest BCUT2D eigenvalue weighted by atomic mass is 10.1. The topological polar surface area (TPSA) is 107 Å². The summed E-state index contributed by atoms with van der Waals surface area (Å²) >= 11 is 5.77. The van der Waals surface area contributed by atoms with Gasteiger partial charge in [0.25, 0.3) is 5.56 Å². The van der Waals surface area contributed by atoms with Crippen molar-refractivity contribution in [2.24, 2.45) is 0 Å². The maximum absolute atomic E-state index is 14.2. The Kier molecular flexibility index (Phi) is 5.91. The number of hydrogen-bond acceptors (Lipinski definition) is 4. The number of benzene rings is 2. The Labute approximate surface area is 187 Å². The third kappa shape index (κ3) is 4.62. The number of amides is 3. The molecule has 1 unspecified atom stereocenters. The molecule has 1 saturated heterocycles. The highest BCUT2D eigenvalue weighted by Gasteiger charge is 2.34. The molecule has 0 saturated carbocycles. The molecule has 0 aliphatic carbocycles. The number of nitrogens with one attached hydrogen (secondary N) is 3. The molecular weight excluding hydrogens is 437 g/mol. The number of H-pyrrole nitrogens is 1. The van der Waals surface area contributed by atoms with Crippen molar-refractivity contribution in [1.82, 2.24) is 15.3 Å². The van der Waals surface area contributed by atoms with Crippen LogP contribution in [0.4, 0.5) is 20.6 Å². The van der Waals surface area contributed by atoms with Gasteiger partial charge in [0.2, 0.25) is 5.91 Å². The van der Waals surface area contributed by atoms with E-state index in [1.165, 1.54) is 23.1 Å². The Morgan fingerprint density at radius 3 is 2.62 bits per heavy atom. The van der Waals surface area contributed by atoms with Crippen molar-refractivity contribution in [3.63, 3.8) is 0 Å². The molecule has 1 atom stereocenters. The highest BCUT2D eigenvalue weighted by atomic mass is 35.5. The third-order valence-electron chi connectivity index (χ3n) is 5.01. The molecule has 4 rings (SSSR count). The largest absolute Gasteiger partial charge is 0.326 e. The molecule has 1 fully saturated rings. The number of aromatic amines is 1. The van der Waals surface area contributed by atoms with Gasteiger partial charge in [0.05, 0.1) is 11.4 Å². The van der Waals surface area contributed by atoms with Crippen molar-refractivity contribution in [3.8, 4) is 11.3 Å². The third-order valence-corrected chi connectivity index (χ3v) is 5.25. The summed E-state index contributed by atoms with van der Waals surface area (Å²) in [5.41, 5.74) is 1.62. The van der Waals surface area contributed by atoms with E-state index in [0.717, 1.165) is 11.6 Å². The monoisotopic (exact) mass is 455 g/mol. The number of anilines is 2. The number of carbonyl (C=O) groups excluding carboxylic acids is 2. The van der Waals surface area contributed by atoms with E-state index in [0.29, 0.717) is 23.6 Å². The summed E-state index contributed by atoms with van der Waals surface area (Å²) in [7, 11) is 0. The van der Waals surface area contributed by atoms with Crippen molar-refractivity contribution in [1.29, 1.82) is 0 Å². The van der Waals surface area contributed by atoms with E-state index in [9.17, 15) is 18.8 Å². The van der Waals surface area contributed by atoms with Gasteiger partial charge in [-0.1, -0.05) is 23.7 Å². The lowest BCUT2D eigenvalue weighted by Crippen LogP contribution is -2.43. The van der Waals surface area contributed by atoms with Crippen LogP contribution in [0, 0.1) is 12.7 Å². The zero-order valence-electron chi connectivity index (χ0n) is 17.0. The number of halogens is 2. The molecule has 3 amide bonds. The Balaban J connectivity index is 1.38. The lowest BCUT2D eigenvalue weighted by Gasteiger charge is -2.18. The van der Waals surface area contributed by atoms with E-state index >= 15 is 0 Å². The van der Waals surface area contributed by atoms with Gasteiger partial charge in [0, 0.05) is 28.9 Å². The van der Waals surface area contributed by atoms with Crippen molar-refractivity contribution < 1.29 is 14.0 Å². The van der Waals surface area contributed by atoms with E-state index in [1.807, 2.05) is 0 Å². The average molecular weight is 456 g/mol. The van der Waals surface area contributed by atoms with Gasteiger partial charge < -0.3 is 20.5 Å². The molecule has 2 aromatic carbocycles. The van der Waals surface area contributed by atoms with Crippen molar-refractivity contribution >= 4 is 34.9 Å². The summed E-state index contributed by atoms with van der Waals surface area (Å²) in [4.78, 5) is 44.8. The number of urea groups is 1. The first-order valence-electron chi connectivity index (χ1n) is 9.82. The maximum atomic E-state index is 14.2. The molecule has 1 aromatic heterocycles. The van der Waals surface area contributed by atoms with E-state index in [4.69, 9.17) is 11.6 Å². The zero-order valence-corrected chi connectivity index (χ0v) is 17.7. The predicted octanol–water partition coefficient (Wildman–Crippen LogP) is 3.46. The van der Waals surface area contributed by atoms with Crippen molar-refractivity contribution in [3.05, 3.63) is 75.5 Å². The van der Waals surface area contributed by atoms with Crippen LogP contribution < -0.4 is 21.1 Å². The number of rotatable bonds is 4. The van der Waals surface area contributed by atoms with E-state index in [-0.39, 0.29) is 22.8 Å². The minimum absolute atomic E-state index is 0.128. The van der Waals surface area contributed by atoms with Crippen LogP contribution >= 0.6 is 11.6 Å². The first-order chi connectivity index (χ1) is 15.3. The van der Waals surface area contributed by atoms with Crippen molar-refractivity contribution in [2.75, 3.05) is 16.8 Å². The van der Waals surface area contributed by atoms with Crippen LogP contribution in [-0.2, 0) is 4.79 Å². The molecule has 0 spiro atoms. The molecule has 8 nitrogen and oxygen atoms in total. The van der Waals surface area contributed by atoms with Crippen LogP contribution in [0.25, 0.3) is 11.3 Å². The van der Waals surface area contributed by atoms with Crippen LogP contribution in [0.15, 0.2) is 53.3 Å².